The molecular formula is C7H14N2O2S. The lowest BCUT2D eigenvalue weighted by Crippen LogP contribution is -2.44. The average Bonchev–Trinajstić information content (AvgIpc) is 2.16. The summed E-state index contributed by atoms with van der Waals surface area (Å²) >= 11 is 3.43. The Morgan fingerprint density at radius 1 is 1.50 bits per heavy atom. The van der Waals surface area contributed by atoms with Crippen LogP contribution >= 0.6 is 12.9 Å². The molecule has 0 aromatic rings. The highest BCUT2D eigenvalue weighted by Crippen LogP contribution is 1.96. The third-order valence-corrected chi connectivity index (χ3v) is 2.15. The van der Waals surface area contributed by atoms with Crippen molar-refractivity contribution in [1.29, 1.82) is 0 Å². The van der Waals surface area contributed by atoms with Gasteiger partial charge in [0.25, 0.3) is 0 Å². The molecule has 0 aromatic carbocycles. The van der Waals surface area contributed by atoms with Crippen molar-refractivity contribution in [1.82, 2.24) is 10.2 Å². The minimum Gasteiger partial charge on any atom is -0.395 e. The molecule has 1 aliphatic heterocycles. The molecule has 0 aromatic heterocycles. The van der Waals surface area contributed by atoms with Crippen LogP contribution in [0.1, 0.15) is 6.42 Å². The third-order valence-electron chi connectivity index (χ3n) is 1.94. The van der Waals surface area contributed by atoms with Crippen molar-refractivity contribution in [3.63, 3.8) is 0 Å². The first kappa shape index (κ1) is 9.83. The number of piperazine rings is 1. The SMILES string of the molecule is O=C(CCN1CCNCC1)OS. The van der Waals surface area contributed by atoms with E-state index in [2.05, 4.69) is 27.3 Å². The van der Waals surface area contributed by atoms with Crippen molar-refractivity contribution in [2.45, 2.75) is 6.42 Å². The monoisotopic (exact) mass is 190 g/mol. The molecule has 1 heterocycles. The van der Waals surface area contributed by atoms with Gasteiger partial charge in [0.05, 0.1) is 6.42 Å². The first-order valence-electron chi connectivity index (χ1n) is 4.10. The van der Waals surface area contributed by atoms with Crippen LogP contribution in [0.4, 0.5) is 0 Å². The van der Waals surface area contributed by atoms with E-state index in [4.69, 9.17) is 0 Å². The summed E-state index contributed by atoms with van der Waals surface area (Å²) in [6.07, 6.45) is 0.434. The van der Waals surface area contributed by atoms with E-state index >= 15 is 0 Å². The molecule has 0 radical (unpaired) electrons. The molecule has 1 fully saturated rings. The van der Waals surface area contributed by atoms with Gasteiger partial charge in [0.15, 0.2) is 0 Å². The second kappa shape index (κ2) is 5.40. The van der Waals surface area contributed by atoms with Crippen LogP contribution < -0.4 is 5.32 Å². The summed E-state index contributed by atoms with van der Waals surface area (Å²) in [7, 11) is 0. The number of carbonyl (C=O) groups is 1. The highest BCUT2D eigenvalue weighted by molar-refractivity contribution is 7.75. The van der Waals surface area contributed by atoms with Crippen LogP contribution in [-0.2, 0) is 8.98 Å². The highest BCUT2D eigenvalue weighted by Gasteiger charge is 2.10. The van der Waals surface area contributed by atoms with Crippen LogP contribution in [0.2, 0.25) is 0 Å². The Morgan fingerprint density at radius 3 is 2.75 bits per heavy atom. The van der Waals surface area contributed by atoms with E-state index < -0.39 is 0 Å². The van der Waals surface area contributed by atoms with Gasteiger partial charge in [-0.2, -0.15) is 0 Å². The second-order valence-electron chi connectivity index (χ2n) is 2.80. The summed E-state index contributed by atoms with van der Waals surface area (Å²) < 4.78 is 4.25. The quantitative estimate of drug-likeness (QED) is 0.472. The van der Waals surface area contributed by atoms with E-state index in [-0.39, 0.29) is 5.97 Å². The molecule has 4 nitrogen and oxygen atoms in total. The van der Waals surface area contributed by atoms with Crippen LogP contribution in [0, 0.1) is 0 Å². The molecule has 5 heteroatoms. The molecule has 12 heavy (non-hydrogen) atoms. The van der Waals surface area contributed by atoms with E-state index in [1.165, 1.54) is 0 Å². The Bertz CT molecular complexity index is 148. The zero-order valence-electron chi connectivity index (χ0n) is 6.95. The van der Waals surface area contributed by atoms with Crippen molar-refractivity contribution in [2.75, 3.05) is 32.7 Å². The predicted octanol–water partition coefficient (Wildman–Crippen LogP) is -0.330. The zero-order valence-corrected chi connectivity index (χ0v) is 7.85. The predicted molar refractivity (Wildman–Crippen MR) is 49.0 cm³/mol. The maximum Gasteiger partial charge on any atom is 0.318 e. The Morgan fingerprint density at radius 2 is 2.17 bits per heavy atom. The number of nitrogens with zero attached hydrogens (tertiary/aromatic N) is 1. The Kier molecular flexibility index (Phi) is 4.42. The van der Waals surface area contributed by atoms with Crippen LogP contribution in [-0.4, -0.2) is 43.6 Å². The number of hydrogen-bond donors (Lipinski definition) is 2. The standard InChI is InChI=1S/C7H14N2O2S/c10-7(11-12)1-4-9-5-2-8-3-6-9/h8,12H,1-6H2. The summed E-state index contributed by atoms with van der Waals surface area (Å²) in [6.45, 7) is 4.83. The molecule has 1 N–H and O–H groups in total. The first-order valence-corrected chi connectivity index (χ1v) is 4.47. The van der Waals surface area contributed by atoms with Gasteiger partial charge in [0.1, 0.15) is 0 Å². The molecule has 0 saturated carbocycles. The summed E-state index contributed by atoms with van der Waals surface area (Å²) in [4.78, 5) is 13.0. The molecule has 0 spiro atoms. The lowest BCUT2D eigenvalue weighted by molar-refractivity contribution is -0.133. The van der Waals surface area contributed by atoms with Gasteiger partial charge in [0, 0.05) is 45.6 Å². The van der Waals surface area contributed by atoms with Gasteiger partial charge >= 0.3 is 5.97 Å². The molecule has 0 unspecified atom stereocenters. The fourth-order valence-corrected chi connectivity index (χ4v) is 1.32. The van der Waals surface area contributed by atoms with Gasteiger partial charge in [-0.1, -0.05) is 0 Å². The van der Waals surface area contributed by atoms with E-state index in [0.29, 0.717) is 6.42 Å². The topological polar surface area (TPSA) is 41.6 Å². The zero-order chi connectivity index (χ0) is 8.81. The van der Waals surface area contributed by atoms with Gasteiger partial charge in [0.2, 0.25) is 0 Å². The average molecular weight is 190 g/mol. The highest BCUT2D eigenvalue weighted by atomic mass is 32.1. The van der Waals surface area contributed by atoms with E-state index in [9.17, 15) is 4.79 Å². The third kappa shape index (κ3) is 3.42. The summed E-state index contributed by atoms with van der Waals surface area (Å²) in [5.74, 6) is -0.253. The fraction of sp³-hybridized carbons (Fsp3) is 0.857. The van der Waals surface area contributed by atoms with Crippen molar-refractivity contribution >= 4 is 18.9 Å². The number of rotatable bonds is 3. The van der Waals surface area contributed by atoms with Crippen LogP contribution in [0.25, 0.3) is 0 Å². The lowest BCUT2D eigenvalue weighted by Gasteiger charge is -2.26. The Labute approximate surface area is 77.9 Å². The van der Waals surface area contributed by atoms with Crippen molar-refractivity contribution in [3.8, 4) is 0 Å². The van der Waals surface area contributed by atoms with Gasteiger partial charge in [-0.25, -0.2) is 0 Å². The minimum atomic E-state index is -0.253. The Balaban J connectivity index is 2.09. The molecular weight excluding hydrogens is 176 g/mol. The van der Waals surface area contributed by atoms with E-state index in [1.54, 1.807) is 0 Å². The molecule has 0 atom stereocenters. The second-order valence-corrected chi connectivity index (χ2v) is 2.99. The van der Waals surface area contributed by atoms with Crippen molar-refractivity contribution < 1.29 is 8.98 Å². The maximum absolute atomic E-state index is 10.7. The summed E-state index contributed by atoms with van der Waals surface area (Å²) in [5.41, 5.74) is 0. The maximum atomic E-state index is 10.7. The molecule has 0 aliphatic carbocycles. The first-order chi connectivity index (χ1) is 5.83. The van der Waals surface area contributed by atoms with Crippen molar-refractivity contribution in [3.05, 3.63) is 0 Å². The van der Waals surface area contributed by atoms with E-state index in [0.717, 1.165) is 32.7 Å². The van der Waals surface area contributed by atoms with Gasteiger partial charge in [-0.3, -0.25) is 4.79 Å². The molecule has 0 bridgehead atoms. The fourth-order valence-electron chi connectivity index (χ4n) is 1.23. The summed E-state index contributed by atoms with van der Waals surface area (Å²) in [5, 5.41) is 3.24. The van der Waals surface area contributed by atoms with Gasteiger partial charge in [-0.05, 0) is 0 Å². The van der Waals surface area contributed by atoms with Crippen LogP contribution in [0.15, 0.2) is 0 Å². The smallest absolute Gasteiger partial charge is 0.318 e. The summed E-state index contributed by atoms with van der Waals surface area (Å²) in [6, 6.07) is 0. The number of nitrogens with one attached hydrogen (secondary N) is 1. The molecule has 1 rings (SSSR count). The number of thiol groups is 1. The van der Waals surface area contributed by atoms with Gasteiger partial charge in [-0.15, -0.1) is 0 Å². The molecule has 1 aliphatic rings. The van der Waals surface area contributed by atoms with Crippen LogP contribution in [0.3, 0.4) is 0 Å². The normalized spacial score (nSPS) is 19.1. The minimum absolute atomic E-state index is 0.253. The molecule has 0 amide bonds. The Hall–Kier alpha value is -0.260. The lowest BCUT2D eigenvalue weighted by atomic mass is 10.3. The van der Waals surface area contributed by atoms with Crippen molar-refractivity contribution in [2.24, 2.45) is 0 Å². The number of carbonyl (C=O) groups excluding carboxylic acids is 1. The molecule has 70 valence electrons. The van der Waals surface area contributed by atoms with Crippen LogP contribution in [0.5, 0.6) is 0 Å². The largest absolute Gasteiger partial charge is 0.395 e. The molecule has 1 saturated heterocycles. The van der Waals surface area contributed by atoms with E-state index in [1.807, 2.05) is 0 Å². The number of hydrogen-bond acceptors (Lipinski definition) is 5. The van der Waals surface area contributed by atoms with Gasteiger partial charge < -0.3 is 14.4 Å².